The fourth-order valence-electron chi connectivity index (χ4n) is 4.19. The Hall–Kier alpha value is -0.0800. The number of aliphatic hydroxyl groups is 2. The molecule has 3 fully saturated rings. The maximum absolute atomic E-state index is 9.88. The minimum atomic E-state index is -0.218. The third-order valence-electron chi connectivity index (χ3n) is 4.67. The van der Waals surface area contributed by atoms with Crippen LogP contribution in [0, 0.1) is 16.7 Å². The van der Waals surface area contributed by atoms with E-state index in [0.29, 0.717) is 11.3 Å². The van der Waals surface area contributed by atoms with Crippen molar-refractivity contribution in [2.45, 2.75) is 44.8 Å². The number of aliphatic hydroxyl groups excluding tert-OH is 2. The first-order valence-electron chi connectivity index (χ1n) is 4.93. The molecule has 0 aromatic rings. The smallest absolute Gasteiger partial charge is 0.0629 e. The van der Waals surface area contributed by atoms with Crippen LogP contribution in [0.2, 0.25) is 0 Å². The largest absolute Gasteiger partial charge is 0.392 e. The van der Waals surface area contributed by atoms with Gasteiger partial charge in [-0.3, -0.25) is 0 Å². The summed E-state index contributed by atoms with van der Waals surface area (Å²) in [6.07, 6.45) is 3.73. The third-order valence-corrected chi connectivity index (χ3v) is 4.67. The van der Waals surface area contributed by atoms with E-state index in [4.69, 9.17) is 0 Å². The molecule has 3 saturated carbocycles. The van der Waals surface area contributed by atoms with Gasteiger partial charge in [-0.15, -0.1) is 0 Å². The minimum absolute atomic E-state index is 0.0608. The second-order valence-electron chi connectivity index (χ2n) is 5.47. The molecule has 5 atom stereocenters. The highest BCUT2D eigenvalue weighted by atomic mass is 16.3. The van der Waals surface area contributed by atoms with E-state index < -0.39 is 0 Å². The molecule has 2 bridgehead atoms. The molecule has 0 saturated heterocycles. The average molecular weight is 168 g/mol. The Kier molecular flexibility index (Phi) is 1.06. The zero-order valence-corrected chi connectivity index (χ0v) is 7.45. The normalized spacial score (nSPS) is 67.8. The van der Waals surface area contributed by atoms with Gasteiger partial charge in [-0.05, 0) is 37.0 Å². The lowest BCUT2D eigenvalue weighted by atomic mass is 9.56. The Balaban J connectivity index is 2.03. The van der Waals surface area contributed by atoms with E-state index in [2.05, 4.69) is 6.92 Å². The molecule has 0 radical (unpaired) electrons. The monoisotopic (exact) mass is 168 g/mol. The maximum atomic E-state index is 9.88. The zero-order chi connectivity index (χ0) is 8.56. The first-order valence-corrected chi connectivity index (χ1v) is 4.93. The molecule has 0 aromatic heterocycles. The van der Waals surface area contributed by atoms with Gasteiger partial charge in [0.05, 0.1) is 12.2 Å². The van der Waals surface area contributed by atoms with Crippen molar-refractivity contribution in [1.82, 2.24) is 0 Å². The molecule has 3 rings (SSSR count). The summed E-state index contributed by atoms with van der Waals surface area (Å²) in [4.78, 5) is 0. The summed E-state index contributed by atoms with van der Waals surface area (Å²) < 4.78 is 0. The predicted octanol–water partition coefficient (Wildman–Crippen LogP) is 0.918. The molecule has 2 nitrogen and oxygen atoms in total. The standard InChI is InChI=1S/C10H16O2/c1-9-3-6-2-7(11)10(6,5-9)8(12)4-9/h6-8,11-12H,2-5H2,1H3/t6-,7-,8+,9?,10?/m1/s1. The minimum Gasteiger partial charge on any atom is -0.392 e. The second-order valence-corrected chi connectivity index (χ2v) is 5.47. The lowest BCUT2D eigenvalue weighted by Gasteiger charge is -2.52. The molecule has 3 aliphatic carbocycles. The Morgan fingerprint density at radius 1 is 1.17 bits per heavy atom. The van der Waals surface area contributed by atoms with Gasteiger partial charge in [0.15, 0.2) is 0 Å². The fourth-order valence-corrected chi connectivity index (χ4v) is 4.19. The lowest BCUT2D eigenvalue weighted by Crippen LogP contribution is -2.56. The Bertz CT molecular complexity index is 228. The molecule has 0 amide bonds. The number of hydrogen-bond donors (Lipinski definition) is 2. The van der Waals surface area contributed by atoms with Crippen LogP contribution in [0.25, 0.3) is 0 Å². The van der Waals surface area contributed by atoms with Gasteiger partial charge in [0, 0.05) is 5.41 Å². The van der Waals surface area contributed by atoms with Crippen LogP contribution in [0.5, 0.6) is 0 Å². The van der Waals surface area contributed by atoms with Gasteiger partial charge in [0.25, 0.3) is 0 Å². The first-order chi connectivity index (χ1) is 5.57. The predicted molar refractivity (Wildman–Crippen MR) is 44.5 cm³/mol. The highest BCUT2D eigenvalue weighted by molar-refractivity contribution is 5.20. The Morgan fingerprint density at radius 3 is 2.33 bits per heavy atom. The van der Waals surface area contributed by atoms with E-state index in [-0.39, 0.29) is 17.6 Å². The van der Waals surface area contributed by atoms with Crippen molar-refractivity contribution < 1.29 is 10.2 Å². The van der Waals surface area contributed by atoms with E-state index >= 15 is 0 Å². The van der Waals surface area contributed by atoms with Crippen LogP contribution in [0.3, 0.4) is 0 Å². The molecule has 0 heterocycles. The van der Waals surface area contributed by atoms with Crippen LogP contribution in [-0.4, -0.2) is 22.4 Å². The van der Waals surface area contributed by atoms with E-state index in [1.165, 1.54) is 6.42 Å². The van der Waals surface area contributed by atoms with Gasteiger partial charge in [-0.2, -0.15) is 0 Å². The first kappa shape index (κ1) is 7.34. The highest BCUT2D eigenvalue weighted by Gasteiger charge is 2.70. The summed E-state index contributed by atoms with van der Waals surface area (Å²) in [5.74, 6) is 0.626. The second kappa shape index (κ2) is 1.73. The van der Waals surface area contributed by atoms with Crippen molar-refractivity contribution in [3.63, 3.8) is 0 Å². The summed E-state index contributed by atoms with van der Waals surface area (Å²) in [5.41, 5.74) is 0.288. The van der Waals surface area contributed by atoms with Gasteiger partial charge in [-0.25, -0.2) is 0 Å². The number of fused-ring (bicyclic) bond motifs is 1. The van der Waals surface area contributed by atoms with Crippen LogP contribution < -0.4 is 0 Å². The van der Waals surface area contributed by atoms with Gasteiger partial charge in [-0.1, -0.05) is 6.92 Å². The molecule has 2 N–H and O–H groups in total. The molecule has 3 aliphatic rings. The Labute approximate surface area is 72.6 Å². The average Bonchev–Trinajstić information content (AvgIpc) is 2.35. The number of rotatable bonds is 0. The van der Waals surface area contributed by atoms with Crippen LogP contribution in [0.4, 0.5) is 0 Å². The lowest BCUT2D eigenvalue weighted by molar-refractivity contribution is -0.166. The molecule has 12 heavy (non-hydrogen) atoms. The fraction of sp³-hybridized carbons (Fsp3) is 1.00. The van der Waals surface area contributed by atoms with Gasteiger partial charge in [0.1, 0.15) is 0 Å². The van der Waals surface area contributed by atoms with Crippen LogP contribution in [0.1, 0.15) is 32.6 Å². The molecule has 0 aliphatic heterocycles. The van der Waals surface area contributed by atoms with E-state index in [0.717, 1.165) is 19.3 Å². The van der Waals surface area contributed by atoms with Crippen LogP contribution >= 0.6 is 0 Å². The van der Waals surface area contributed by atoms with Crippen molar-refractivity contribution in [2.75, 3.05) is 0 Å². The zero-order valence-electron chi connectivity index (χ0n) is 7.45. The molecular formula is C10H16O2. The summed E-state index contributed by atoms with van der Waals surface area (Å²) in [7, 11) is 0. The van der Waals surface area contributed by atoms with Gasteiger partial charge in [0.2, 0.25) is 0 Å². The molecule has 2 heteroatoms. The van der Waals surface area contributed by atoms with Crippen molar-refractivity contribution in [2.24, 2.45) is 16.7 Å². The van der Waals surface area contributed by atoms with Crippen molar-refractivity contribution in [3.8, 4) is 0 Å². The maximum Gasteiger partial charge on any atom is 0.0629 e. The molecule has 68 valence electrons. The van der Waals surface area contributed by atoms with Crippen molar-refractivity contribution in [3.05, 3.63) is 0 Å². The summed E-state index contributed by atoms with van der Waals surface area (Å²) in [6, 6.07) is 0. The number of hydrogen-bond acceptors (Lipinski definition) is 2. The Morgan fingerprint density at radius 2 is 1.92 bits per heavy atom. The molecule has 0 aromatic carbocycles. The molecule has 2 unspecified atom stereocenters. The van der Waals surface area contributed by atoms with E-state index in [9.17, 15) is 10.2 Å². The quantitative estimate of drug-likeness (QED) is 0.564. The van der Waals surface area contributed by atoms with Gasteiger partial charge < -0.3 is 10.2 Å². The molecular weight excluding hydrogens is 152 g/mol. The highest BCUT2D eigenvalue weighted by Crippen LogP contribution is 2.72. The van der Waals surface area contributed by atoms with E-state index in [1.807, 2.05) is 0 Å². The summed E-state index contributed by atoms with van der Waals surface area (Å²) in [6.45, 7) is 2.26. The van der Waals surface area contributed by atoms with Crippen molar-refractivity contribution >= 4 is 0 Å². The SMILES string of the molecule is CC12C[C@H]3C[C@@H](O)C3(C1)[C@@H](O)C2. The molecule has 1 spiro atoms. The summed E-state index contributed by atoms with van der Waals surface area (Å²) >= 11 is 0. The van der Waals surface area contributed by atoms with Gasteiger partial charge >= 0.3 is 0 Å². The van der Waals surface area contributed by atoms with Crippen LogP contribution in [-0.2, 0) is 0 Å². The van der Waals surface area contributed by atoms with Crippen molar-refractivity contribution in [1.29, 1.82) is 0 Å². The van der Waals surface area contributed by atoms with Crippen LogP contribution in [0.15, 0.2) is 0 Å². The third kappa shape index (κ3) is 0.549. The topological polar surface area (TPSA) is 40.5 Å². The summed E-state index contributed by atoms with van der Waals surface area (Å²) in [5, 5.41) is 19.6. The van der Waals surface area contributed by atoms with E-state index in [1.54, 1.807) is 0 Å².